The number of aryl methyl sites for hydroxylation is 1. The zero-order valence-corrected chi connectivity index (χ0v) is 15.2. The molecule has 0 unspecified atom stereocenters. The van der Waals surface area contributed by atoms with E-state index in [0.29, 0.717) is 22.3 Å². The van der Waals surface area contributed by atoms with E-state index in [0.717, 1.165) is 22.6 Å². The Morgan fingerprint density at radius 3 is 2.69 bits per heavy atom. The zero-order chi connectivity index (χ0) is 18.5. The van der Waals surface area contributed by atoms with Gasteiger partial charge in [-0.25, -0.2) is 14.5 Å². The number of carbonyl (C=O) groups is 2. The summed E-state index contributed by atoms with van der Waals surface area (Å²) in [4.78, 5) is 28.7. The van der Waals surface area contributed by atoms with Gasteiger partial charge in [-0.3, -0.25) is 4.79 Å². The van der Waals surface area contributed by atoms with E-state index >= 15 is 0 Å². The van der Waals surface area contributed by atoms with Gasteiger partial charge in [0.2, 0.25) is 5.91 Å². The van der Waals surface area contributed by atoms with E-state index in [2.05, 4.69) is 15.4 Å². The summed E-state index contributed by atoms with van der Waals surface area (Å²) < 4.78 is 6.73. The molecule has 0 spiro atoms. The van der Waals surface area contributed by atoms with Gasteiger partial charge in [0.05, 0.1) is 24.4 Å². The van der Waals surface area contributed by atoms with E-state index < -0.39 is 5.97 Å². The van der Waals surface area contributed by atoms with Crippen molar-refractivity contribution in [3.63, 3.8) is 0 Å². The number of esters is 1. The molecule has 2 aromatic heterocycles. The molecule has 134 valence electrons. The van der Waals surface area contributed by atoms with Crippen molar-refractivity contribution in [1.82, 2.24) is 14.8 Å². The molecule has 0 bridgehead atoms. The first-order valence-corrected chi connectivity index (χ1v) is 8.92. The fraction of sp³-hybridized carbons (Fsp3) is 0.222. The molecule has 0 aliphatic heterocycles. The van der Waals surface area contributed by atoms with E-state index in [1.807, 2.05) is 36.5 Å². The second kappa shape index (κ2) is 7.92. The largest absolute Gasteiger partial charge is 0.462 e. The lowest BCUT2D eigenvalue weighted by Gasteiger charge is -2.04. The first-order chi connectivity index (χ1) is 12.6. The number of aromatic nitrogens is 3. The van der Waals surface area contributed by atoms with Gasteiger partial charge in [0.25, 0.3) is 0 Å². The van der Waals surface area contributed by atoms with Gasteiger partial charge in [-0.05, 0) is 37.6 Å². The fourth-order valence-electron chi connectivity index (χ4n) is 2.37. The Hall–Kier alpha value is -3.00. The number of hydrogen-bond donors (Lipinski definition) is 1. The standard InChI is InChI=1S/C18H18N4O3S/c1-3-25-17(24)16-12(2)20-18(26-16)21-15(23)11-13-5-7-14(8-6-13)22-10-4-9-19-22/h4-10H,3,11H2,1-2H3,(H,20,21,23). The highest BCUT2D eigenvalue weighted by molar-refractivity contribution is 7.17. The van der Waals surface area contributed by atoms with Gasteiger partial charge in [0, 0.05) is 12.4 Å². The number of ether oxygens (including phenoxy) is 1. The second-order valence-electron chi connectivity index (χ2n) is 5.50. The normalized spacial score (nSPS) is 10.5. The van der Waals surface area contributed by atoms with Crippen LogP contribution in [-0.4, -0.2) is 33.2 Å². The Morgan fingerprint density at radius 2 is 2.04 bits per heavy atom. The van der Waals surface area contributed by atoms with Crippen molar-refractivity contribution in [3.8, 4) is 5.69 Å². The molecule has 0 aliphatic carbocycles. The summed E-state index contributed by atoms with van der Waals surface area (Å²) >= 11 is 1.12. The van der Waals surface area contributed by atoms with Crippen molar-refractivity contribution in [2.24, 2.45) is 0 Å². The van der Waals surface area contributed by atoms with Crippen LogP contribution in [0.1, 0.15) is 27.9 Å². The van der Waals surface area contributed by atoms with E-state index in [9.17, 15) is 9.59 Å². The average molecular weight is 370 g/mol. The van der Waals surface area contributed by atoms with Crippen molar-refractivity contribution >= 4 is 28.3 Å². The van der Waals surface area contributed by atoms with Crippen molar-refractivity contribution in [1.29, 1.82) is 0 Å². The summed E-state index contributed by atoms with van der Waals surface area (Å²) in [5.41, 5.74) is 2.35. The summed E-state index contributed by atoms with van der Waals surface area (Å²) in [6, 6.07) is 9.42. The van der Waals surface area contributed by atoms with Crippen molar-refractivity contribution in [2.45, 2.75) is 20.3 Å². The number of carbonyl (C=O) groups excluding carboxylic acids is 2. The maximum absolute atomic E-state index is 12.2. The Kier molecular flexibility index (Phi) is 5.43. The van der Waals surface area contributed by atoms with Gasteiger partial charge >= 0.3 is 5.97 Å². The Labute approximate surface area is 154 Å². The summed E-state index contributed by atoms with van der Waals surface area (Å²) in [5.74, 6) is -0.613. The van der Waals surface area contributed by atoms with Crippen molar-refractivity contribution in [2.75, 3.05) is 11.9 Å². The molecule has 0 saturated carbocycles. The van der Waals surface area contributed by atoms with Crippen LogP contribution in [0.2, 0.25) is 0 Å². The summed E-state index contributed by atoms with van der Waals surface area (Å²) in [6.07, 6.45) is 3.78. The SMILES string of the molecule is CCOC(=O)c1sc(NC(=O)Cc2ccc(-n3cccn3)cc2)nc1C. The first kappa shape index (κ1) is 17.8. The van der Waals surface area contributed by atoms with Gasteiger partial charge in [-0.15, -0.1) is 0 Å². The molecular formula is C18H18N4O3S. The number of rotatable bonds is 6. The molecule has 2 heterocycles. The highest BCUT2D eigenvalue weighted by Gasteiger charge is 2.17. The monoisotopic (exact) mass is 370 g/mol. The number of nitrogens with one attached hydrogen (secondary N) is 1. The van der Waals surface area contributed by atoms with Crippen LogP contribution in [0.5, 0.6) is 0 Å². The molecule has 1 N–H and O–H groups in total. The van der Waals surface area contributed by atoms with Crippen molar-refractivity contribution in [3.05, 3.63) is 58.9 Å². The van der Waals surface area contributed by atoms with Gasteiger partial charge in [-0.1, -0.05) is 23.5 Å². The minimum absolute atomic E-state index is 0.194. The molecule has 0 saturated heterocycles. The van der Waals surface area contributed by atoms with Gasteiger partial charge in [-0.2, -0.15) is 5.10 Å². The molecule has 3 rings (SSSR count). The third kappa shape index (κ3) is 4.15. The fourth-order valence-corrected chi connectivity index (χ4v) is 3.25. The zero-order valence-electron chi connectivity index (χ0n) is 14.4. The molecule has 1 amide bonds. The first-order valence-electron chi connectivity index (χ1n) is 8.10. The second-order valence-corrected chi connectivity index (χ2v) is 6.50. The molecule has 26 heavy (non-hydrogen) atoms. The Balaban J connectivity index is 1.62. The van der Waals surface area contributed by atoms with E-state index in [-0.39, 0.29) is 12.3 Å². The van der Waals surface area contributed by atoms with E-state index in [1.165, 1.54) is 0 Å². The number of amides is 1. The highest BCUT2D eigenvalue weighted by Crippen LogP contribution is 2.23. The van der Waals surface area contributed by atoms with Crippen LogP contribution in [-0.2, 0) is 16.0 Å². The summed E-state index contributed by atoms with van der Waals surface area (Å²) in [6.45, 7) is 3.76. The third-order valence-electron chi connectivity index (χ3n) is 3.57. The van der Waals surface area contributed by atoms with Crippen LogP contribution in [0.4, 0.5) is 5.13 Å². The molecule has 1 aromatic carbocycles. The topological polar surface area (TPSA) is 86.1 Å². The number of thiazole rings is 1. The number of hydrogen-bond acceptors (Lipinski definition) is 6. The molecule has 0 atom stereocenters. The Bertz CT molecular complexity index is 901. The molecule has 0 radical (unpaired) electrons. The lowest BCUT2D eigenvalue weighted by Crippen LogP contribution is -2.14. The molecule has 8 heteroatoms. The molecular weight excluding hydrogens is 352 g/mol. The number of nitrogens with zero attached hydrogens (tertiary/aromatic N) is 3. The molecule has 0 aliphatic rings. The smallest absolute Gasteiger partial charge is 0.350 e. The van der Waals surface area contributed by atoms with Crippen LogP contribution in [0.3, 0.4) is 0 Å². The van der Waals surface area contributed by atoms with Crippen LogP contribution >= 0.6 is 11.3 Å². The average Bonchev–Trinajstić information content (AvgIpc) is 3.25. The summed E-state index contributed by atoms with van der Waals surface area (Å²) in [5, 5.41) is 7.29. The van der Waals surface area contributed by atoms with Gasteiger partial charge in [0.15, 0.2) is 5.13 Å². The summed E-state index contributed by atoms with van der Waals surface area (Å²) in [7, 11) is 0. The molecule has 0 fully saturated rings. The van der Waals surface area contributed by atoms with Crippen LogP contribution in [0.25, 0.3) is 5.69 Å². The number of benzene rings is 1. The van der Waals surface area contributed by atoms with Crippen molar-refractivity contribution < 1.29 is 14.3 Å². The maximum atomic E-state index is 12.2. The lowest BCUT2D eigenvalue weighted by atomic mass is 10.1. The van der Waals surface area contributed by atoms with E-state index in [4.69, 9.17) is 4.74 Å². The minimum atomic E-state index is -0.419. The predicted octanol–water partition coefficient (Wildman–Crippen LogP) is 3.00. The van der Waals surface area contributed by atoms with E-state index in [1.54, 1.807) is 24.7 Å². The van der Waals surface area contributed by atoms with Crippen LogP contribution in [0, 0.1) is 6.92 Å². The minimum Gasteiger partial charge on any atom is -0.462 e. The molecule has 3 aromatic rings. The Morgan fingerprint density at radius 1 is 1.27 bits per heavy atom. The van der Waals surface area contributed by atoms with Crippen LogP contribution in [0.15, 0.2) is 42.7 Å². The number of anilines is 1. The van der Waals surface area contributed by atoms with Gasteiger partial charge in [0.1, 0.15) is 4.88 Å². The lowest BCUT2D eigenvalue weighted by molar-refractivity contribution is -0.115. The quantitative estimate of drug-likeness (QED) is 0.674. The third-order valence-corrected chi connectivity index (χ3v) is 4.63. The van der Waals surface area contributed by atoms with Crippen LogP contribution < -0.4 is 5.32 Å². The van der Waals surface area contributed by atoms with Gasteiger partial charge < -0.3 is 10.1 Å². The molecule has 7 nitrogen and oxygen atoms in total. The maximum Gasteiger partial charge on any atom is 0.350 e. The predicted molar refractivity (Wildman–Crippen MR) is 98.7 cm³/mol. The highest BCUT2D eigenvalue weighted by atomic mass is 32.1.